The van der Waals surface area contributed by atoms with E-state index in [0.29, 0.717) is 92.3 Å². The van der Waals surface area contributed by atoms with Crippen molar-refractivity contribution in [1.82, 2.24) is 50.3 Å². The number of aliphatic hydroxyl groups is 2. The summed E-state index contributed by atoms with van der Waals surface area (Å²) in [6.07, 6.45) is 17.1. The molecular weight excluding hydrogens is 1540 g/mol. The van der Waals surface area contributed by atoms with E-state index in [2.05, 4.69) is 39.1 Å². The third-order valence-corrected chi connectivity index (χ3v) is 22.1. The van der Waals surface area contributed by atoms with Crippen LogP contribution in [0.1, 0.15) is 185 Å². The standard InChI is InChI=1S/C29H25Cl3N4O.2C27H30Cl3N3O2/c30-21-10-8-19(9-11-21)17-20-5-1-2-7-24-27(29(37)34-16-14-23-6-3-4-15-33-23)35-36(28(20)24)26-13-12-22(31)18-25(26)32;2*1-16(2)23(15-34)31-27(35)25-21-9-4-3-7-18(12-17-6-5-8-19(28)13-17)26(21)33(32-25)24-11-10-20(29)14-22(24)30/h3-4,6,8-13,15,17-18H,1-2,5,7,14,16H2,(H,34,37);2*5-6,8,10-11,13-14,16,18,23,34H,3-4,7,9,12,15H2,1-2H3,(H,31,35)/b20-17+;;/t;18-,23+;18-,23-/m.01/s1. The van der Waals surface area contributed by atoms with E-state index < -0.39 is 0 Å². The summed E-state index contributed by atoms with van der Waals surface area (Å²) in [5.41, 5.74) is 14.3. The van der Waals surface area contributed by atoms with Crippen molar-refractivity contribution in [2.75, 3.05) is 19.8 Å². The quantitative estimate of drug-likeness (QED) is 0.0462. The van der Waals surface area contributed by atoms with Crippen LogP contribution in [-0.4, -0.2) is 94.1 Å². The lowest BCUT2D eigenvalue weighted by molar-refractivity contribution is 0.0884. The van der Waals surface area contributed by atoms with Crippen molar-refractivity contribution in [1.29, 1.82) is 0 Å². The highest BCUT2D eigenvalue weighted by atomic mass is 35.5. The van der Waals surface area contributed by atoms with Gasteiger partial charge in [0.05, 0.1) is 74.5 Å². The third kappa shape index (κ3) is 20.4. The fourth-order valence-corrected chi connectivity index (χ4v) is 16.2. The molecule has 13 rings (SSSR count). The molecule has 0 radical (unpaired) electrons. The lowest BCUT2D eigenvalue weighted by atomic mass is 9.90. The minimum Gasteiger partial charge on any atom is -0.394 e. The van der Waals surface area contributed by atoms with Crippen LogP contribution < -0.4 is 16.0 Å². The highest BCUT2D eigenvalue weighted by Gasteiger charge is 2.35. The van der Waals surface area contributed by atoms with Gasteiger partial charge in [-0.05, 0) is 220 Å². The van der Waals surface area contributed by atoms with Gasteiger partial charge in [0.25, 0.3) is 17.7 Å². The van der Waals surface area contributed by atoms with Crippen LogP contribution in [0.2, 0.25) is 45.2 Å². The van der Waals surface area contributed by atoms with E-state index in [1.165, 1.54) is 0 Å². The summed E-state index contributed by atoms with van der Waals surface area (Å²) in [5.74, 6) is -0.320. The Morgan fingerprint density at radius 1 is 0.477 bits per heavy atom. The Bertz CT molecular complexity index is 4620. The predicted octanol–water partition coefficient (Wildman–Crippen LogP) is 20.7. The normalized spacial score (nSPS) is 15.8. The van der Waals surface area contributed by atoms with Gasteiger partial charge in [0.1, 0.15) is 0 Å². The average molecular weight is 1620 g/mol. The highest BCUT2D eigenvalue weighted by Crippen LogP contribution is 2.42. The maximum absolute atomic E-state index is 13.4. The van der Waals surface area contributed by atoms with E-state index in [4.69, 9.17) is 120 Å². The topological polar surface area (TPSA) is 194 Å². The van der Waals surface area contributed by atoms with E-state index in [9.17, 15) is 24.6 Å². The number of fused-ring (bicyclic) bond motifs is 3. The number of allylic oxidation sites excluding steroid dienone is 1. The van der Waals surface area contributed by atoms with Crippen LogP contribution in [0.5, 0.6) is 0 Å². The Kier molecular flexibility index (Phi) is 28.6. The molecule has 3 aliphatic rings. The van der Waals surface area contributed by atoms with Gasteiger partial charge in [-0.3, -0.25) is 19.4 Å². The van der Waals surface area contributed by atoms with Gasteiger partial charge in [0, 0.05) is 83.5 Å². The molecule has 3 aliphatic carbocycles. The van der Waals surface area contributed by atoms with E-state index in [1.54, 1.807) is 47.3 Å². The summed E-state index contributed by atoms with van der Waals surface area (Å²) < 4.78 is 5.45. The first-order chi connectivity index (χ1) is 51.5. The van der Waals surface area contributed by atoms with Gasteiger partial charge in [-0.25, -0.2) is 14.0 Å². The number of pyridine rings is 1. The van der Waals surface area contributed by atoms with Gasteiger partial charge in [-0.15, -0.1) is 0 Å². The zero-order valence-electron chi connectivity index (χ0n) is 59.9. The van der Waals surface area contributed by atoms with Crippen LogP contribution in [0.25, 0.3) is 28.7 Å². The van der Waals surface area contributed by atoms with E-state index in [1.807, 2.05) is 134 Å². The number of benzene rings is 6. The number of carbonyl (C=O) groups is 3. The molecule has 5 N–H and O–H groups in total. The maximum atomic E-state index is 13.4. The predicted molar refractivity (Wildman–Crippen MR) is 435 cm³/mol. The fourth-order valence-electron chi connectivity index (χ4n) is 14.2. The first-order valence-electron chi connectivity index (χ1n) is 36.2. The van der Waals surface area contributed by atoms with Crippen molar-refractivity contribution >= 4 is 134 Å². The first kappa shape index (κ1) is 80.8. The zero-order valence-corrected chi connectivity index (χ0v) is 66.7. The number of rotatable bonds is 20. The van der Waals surface area contributed by atoms with Crippen molar-refractivity contribution in [2.45, 2.75) is 148 Å². The lowest BCUT2D eigenvalue weighted by Gasteiger charge is -2.20. The molecule has 4 atom stereocenters. The Morgan fingerprint density at radius 3 is 1.36 bits per heavy atom. The van der Waals surface area contributed by atoms with Gasteiger partial charge in [-0.2, -0.15) is 15.3 Å². The minimum atomic E-state index is -0.351. The summed E-state index contributed by atoms with van der Waals surface area (Å²) in [5, 5.41) is 48.1. The molecular formula is C83H85Cl9N10O5. The molecule has 4 aromatic heterocycles. The number of hydrogen-bond acceptors (Lipinski definition) is 9. The van der Waals surface area contributed by atoms with E-state index in [0.717, 1.165) is 152 Å². The molecule has 0 unspecified atom stereocenters. The lowest BCUT2D eigenvalue weighted by Crippen LogP contribution is -2.41. The van der Waals surface area contributed by atoms with Gasteiger partial charge < -0.3 is 26.2 Å². The van der Waals surface area contributed by atoms with Crippen LogP contribution in [0, 0.1) is 11.8 Å². The highest BCUT2D eigenvalue weighted by molar-refractivity contribution is 6.37. The third-order valence-electron chi connectivity index (χ3n) is 19.7. The Labute approximate surface area is 670 Å². The monoisotopic (exact) mass is 1620 g/mol. The van der Waals surface area contributed by atoms with Crippen LogP contribution in [-0.2, 0) is 38.5 Å². The van der Waals surface area contributed by atoms with E-state index in [-0.39, 0.29) is 66.7 Å². The Balaban J connectivity index is 0.000000160. The van der Waals surface area contributed by atoms with Crippen LogP contribution in [0.3, 0.4) is 0 Å². The molecule has 560 valence electrons. The molecule has 0 saturated heterocycles. The molecule has 4 heterocycles. The van der Waals surface area contributed by atoms with Gasteiger partial charge in [0.2, 0.25) is 0 Å². The fraction of sp³-hybridized carbons (Fsp3) is 0.337. The van der Waals surface area contributed by atoms with Crippen molar-refractivity contribution in [3.63, 3.8) is 0 Å². The number of amides is 3. The SMILES string of the molecule is CC(C)[C@@H](CO)NC(=O)c1nn(-c2ccc(Cl)cc2Cl)c2c1CCCC[C@@H]2Cc1cccc(Cl)c1.CC(C)[C@@H](CO)NC(=O)c1nn(-c2ccc(Cl)cc2Cl)c2c1CCCC[C@H]2Cc1cccc(Cl)c1.O=C(NCCc1ccccn1)c1nn(-c2ccc(Cl)cc2Cl)c2c1CCCC/C2=C\c1ccc(Cl)cc1. The molecule has 0 fully saturated rings. The van der Waals surface area contributed by atoms with Crippen LogP contribution in [0.15, 0.2) is 152 Å². The Morgan fingerprint density at radius 2 is 0.907 bits per heavy atom. The molecule has 10 aromatic rings. The molecule has 3 amide bonds. The molecule has 0 bridgehead atoms. The number of nitrogens with one attached hydrogen (secondary N) is 3. The average Bonchev–Trinajstić information content (AvgIpc) is 1.63. The first-order valence-corrected chi connectivity index (χ1v) is 39.6. The number of nitrogens with zero attached hydrogens (tertiary/aromatic N) is 7. The summed E-state index contributed by atoms with van der Waals surface area (Å²) in [4.78, 5) is 44.6. The molecule has 15 nitrogen and oxygen atoms in total. The van der Waals surface area contributed by atoms with Crippen molar-refractivity contribution in [3.05, 3.63) is 270 Å². The molecule has 0 spiro atoms. The number of halogens is 9. The second-order valence-electron chi connectivity index (χ2n) is 27.9. The molecule has 107 heavy (non-hydrogen) atoms. The molecule has 24 heteroatoms. The largest absolute Gasteiger partial charge is 0.394 e. The van der Waals surface area contributed by atoms with Gasteiger partial charge in [-0.1, -0.05) is 187 Å². The van der Waals surface area contributed by atoms with Crippen LogP contribution >= 0.6 is 104 Å². The number of aliphatic hydroxyl groups excluding tert-OH is 2. The van der Waals surface area contributed by atoms with Crippen molar-refractivity contribution < 1.29 is 24.6 Å². The summed E-state index contributed by atoms with van der Waals surface area (Å²) >= 11 is 57.0. The molecule has 0 saturated carbocycles. The number of carbonyl (C=O) groups excluding carboxylic acids is 3. The van der Waals surface area contributed by atoms with Gasteiger partial charge in [0.15, 0.2) is 17.1 Å². The summed E-state index contributed by atoms with van der Waals surface area (Å²) in [6, 6.07) is 44.5. The van der Waals surface area contributed by atoms with Crippen LogP contribution in [0.4, 0.5) is 0 Å². The maximum Gasteiger partial charge on any atom is 0.272 e. The number of aromatic nitrogens is 7. The van der Waals surface area contributed by atoms with Crippen molar-refractivity contribution in [2.24, 2.45) is 11.8 Å². The van der Waals surface area contributed by atoms with Gasteiger partial charge >= 0.3 is 0 Å². The Hall–Kier alpha value is -7.22. The zero-order chi connectivity index (χ0) is 76.0. The number of hydrogen-bond donors (Lipinski definition) is 5. The second kappa shape index (κ2) is 37.9. The summed E-state index contributed by atoms with van der Waals surface area (Å²) in [7, 11) is 0. The summed E-state index contributed by atoms with van der Waals surface area (Å²) in [6.45, 7) is 8.07. The molecule has 6 aromatic carbocycles. The molecule has 0 aliphatic heterocycles. The van der Waals surface area contributed by atoms with E-state index >= 15 is 0 Å². The smallest absolute Gasteiger partial charge is 0.272 e. The minimum absolute atomic E-state index is 0.0888. The van der Waals surface area contributed by atoms with Crippen molar-refractivity contribution in [3.8, 4) is 17.1 Å². The second-order valence-corrected chi connectivity index (χ2v) is 31.8.